The molecule has 90 valence electrons. The fourth-order valence-electron chi connectivity index (χ4n) is 1.28. The maximum atomic E-state index is 11.7. The minimum Gasteiger partial charge on any atom is -0.462 e. The minimum absolute atomic E-state index is 0.132. The van der Waals surface area contributed by atoms with Crippen molar-refractivity contribution in [2.24, 2.45) is 5.92 Å². The van der Waals surface area contributed by atoms with Gasteiger partial charge >= 0.3 is 0 Å². The molecule has 17 heavy (non-hydrogen) atoms. The molecule has 1 amide bonds. The summed E-state index contributed by atoms with van der Waals surface area (Å²) in [4.78, 5) is 16.0. The predicted octanol–water partition coefficient (Wildman–Crippen LogP) is 2.79. The molecule has 0 radical (unpaired) electrons. The standard InChI is InChI=1S/C12H14N2O2S/c1-8(2)6-13-11(15)9-7-17-12(14-9)10-4-3-5-16-10/h3-5,7-8H,6H2,1-2H3,(H,13,15). The zero-order chi connectivity index (χ0) is 12.3. The van der Waals surface area contributed by atoms with Crippen molar-refractivity contribution in [3.8, 4) is 10.8 Å². The van der Waals surface area contributed by atoms with Crippen molar-refractivity contribution < 1.29 is 9.21 Å². The van der Waals surface area contributed by atoms with Gasteiger partial charge in [-0.3, -0.25) is 4.79 Å². The Morgan fingerprint density at radius 2 is 2.41 bits per heavy atom. The lowest BCUT2D eigenvalue weighted by molar-refractivity contribution is 0.0945. The highest BCUT2D eigenvalue weighted by atomic mass is 32.1. The molecule has 0 spiro atoms. The second-order valence-corrected chi connectivity index (χ2v) is 4.98. The third-order valence-electron chi connectivity index (χ3n) is 2.14. The van der Waals surface area contributed by atoms with Crippen molar-refractivity contribution in [1.82, 2.24) is 10.3 Å². The van der Waals surface area contributed by atoms with Crippen LogP contribution in [-0.4, -0.2) is 17.4 Å². The molecule has 0 aromatic carbocycles. The lowest BCUT2D eigenvalue weighted by Crippen LogP contribution is -2.27. The Morgan fingerprint density at radius 3 is 3.06 bits per heavy atom. The fourth-order valence-corrected chi connectivity index (χ4v) is 2.05. The van der Waals surface area contributed by atoms with E-state index < -0.39 is 0 Å². The van der Waals surface area contributed by atoms with Crippen LogP contribution < -0.4 is 5.32 Å². The number of thiazole rings is 1. The molecule has 5 heteroatoms. The van der Waals surface area contributed by atoms with E-state index in [0.717, 1.165) is 5.01 Å². The third-order valence-corrected chi connectivity index (χ3v) is 3.00. The van der Waals surface area contributed by atoms with Crippen molar-refractivity contribution in [2.75, 3.05) is 6.54 Å². The molecular weight excluding hydrogens is 236 g/mol. The molecule has 0 saturated heterocycles. The predicted molar refractivity (Wildman–Crippen MR) is 67.0 cm³/mol. The summed E-state index contributed by atoms with van der Waals surface area (Å²) in [7, 11) is 0. The molecule has 0 aliphatic heterocycles. The number of rotatable bonds is 4. The van der Waals surface area contributed by atoms with E-state index in [1.54, 1.807) is 17.7 Å². The smallest absolute Gasteiger partial charge is 0.270 e. The lowest BCUT2D eigenvalue weighted by atomic mass is 10.2. The second kappa shape index (κ2) is 5.14. The van der Waals surface area contributed by atoms with Crippen molar-refractivity contribution >= 4 is 17.2 Å². The third kappa shape index (κ3) is 2.94. The topological polar surface area (TPSA) is 55.1 Å². The molecule has 0 unspecified atom stereocenters. The van der Waals surface area contributed by atoms with Crippen LogP contribution in [0.25, 0.3) is 10.8 Å². The average Bonchev–Trinajstić information content (AvgIpc) is 2.94. The van der Waals surface area contributed by atoms with E-state index in [1.165, 1.54) is 11.3 Å². The number of hydrogen-bond donors (Lipinski definition) is 1. The van der Waals surface area contributed by atoms with Gasteiger partial charge in [0, 0.05) is 11.9 Å². The van der Waals surface area contributed by atoms with E-state index in [4.69, 9.17) is 4.42 Å². The summed E-state index contributed by atoms with van der Waals surface area (Å²) in [5.74, 6) is 0.993. The van der Waals surface area contributed by atoms with Crippen LogP contribution in [0.2, 0.25) is 0 Å². The SMILES string of the molecule is CC(C)CNC(=O)c1csc(-c2ccco2)n1. The molecule has 2 aromatic rings. The summed E-state index contributed by atoms with van der Waals surface area (Å²) in [5.41, 5.74) is 0.446. The van der Waals surface area contributed by atoms with Crippen LogP contribution in [0.4, 0.5) is 0 Å². The fraction of sp³-hybridized carbons (Fsp3) is 0.333. The summed E-state index contributed by atoms with van der Waals surface area (Å²) in [5, 5.41) is 5.30. The first-order valence-electron chi connectivity index (χ1n) is 5.44. The maximum Gasteiger partial charge on any atom is 0.270 e. The van der Waals surface area contributed by atoms with E-state index in [9.17, 15) is 4.79 Å². The number of amides is 1. The summed E-state index contributed by atoms with van der Waals surface area (Å²) in [6.07, 6.45) is 1.59. The summed E-state index contributed by atoms with van der Waals surface area (Å²) < 4.78 is 5.23. The molecule has 0 fully saturated rings. The molecule has 1 N–H and O–H groups in total. The molecule has 0 bridgehead atoms. The lowest BCUT2D eigenvalue weighted by Gasteiger charge is -2.05. The van der Waals surface area contributed by atoms with Crippen LogP contribution in [0.5, 0.6) is 0 Å². The Morgan fingerprint density at radius 1 is 1.59 bits per heavy atom. The molecule has 2 aromatic heterocycles. The van der Waals surface area contributed by atoms with Gasteiger partial charge in [0.05, 0.1) is 6.26 Å². The molecule has 0 atom stereocenters. The number of furan rings is 1. The number of carbonyl (C=O) groups excluding carboxylic acids is 1. The van der Waals surface area contributed by atoms with Gasteiger partial charge in [-0.15, -0.1) is 11.3 Å². The van der Waals surface area contributed by atoms with Crippen molar-refractivity contribution in [1.29, 1.82) is 0 Å². The van der Waals surface area contributed by atoms with Crippen LogP contribution in [0.3, 0.4) is 0 Å². The Kier molecular flexibility index (Phi) is 3.58. The van der Waals surface area contributed by atoms with E-state index in [-0.39, 0.29) is 5.91 Å². The summed E-state index contributed by atoms with van der Waals surface area (Å²) >= 11 is 1.40. The quantitative estimate of drug-likeness (QED) is 0.907. The Balaban J connectivity index is 2.05. The molecule has 0 aliphatic rings. The van der Waals surface area contributed by atoms with Gasteiger partial charge in [-0.25, -0.2) is 4.98 Å². The minimum atomic E-state index is -0.132. The van der Waals surface area contributed by atoms with Crippen LogP contribution in [0.15, 0.2) is 28.2 Å². The van der Waals surface area contributed by atoms with Crippen LogP contribution in [0.1, 0.15) is 24.3 Å². The Labute approximate surface area is 104 Å². The molecule has 0 saturated carbocycles. The molecule has 0 aliphatic carbocycles. The van der Waals surface area contributed by atoms with Gasteiger partial charge in [-0.1, -0.05) is 13.8 Å². The number of hydrogen-bond acceptors (Lipinski definition) is 4. The summed E-state index contributed by atoms with van der Waals surface area (Å²) in [6, 6.07) is 3.63. The number of nitrogens with one attached hydrogen (secondary N) is 1. The molecular formula is C12H14N2O2S. The zero-order valence-electron chi connectivity index (χ0n) is 9.77. The van der Waals surface area contributed by atoms with E-state index in [2.05, 4.69) is 24.1 Å². The first-order valence-corrected chi connectivity index (χ1v) is 6.32. The largest absolute Gasteiger partial charge is 0.462 e. The Hall–Kier alpha value is -1.62. The van der Waals surface area contributed by atoms with E-state index >= 15 is 0 Å². The van der Waals surface area contributed by atoms with Gasteiger partial charge in [0.15, 0.2) is 10.8 Å². The molecule has 2 heterocycles. The van der Waals surface area contributed by atoms with Gasteiger partial charge in [-0.05, 0) is 18.1 Å². The van der Waals surface area contributed by atoms with Crippen molar-refractivity contribution in [2.45, 2.75) is 13.8 Å². The van der Waals surface area contributed by atoms with Crippen LogP contribution in [0, 0.1) is 5.92 Å². The Bertz CT molecular complexity index is 488. The van der Waals surface area contributed by atoms with E-state index in [0.29, 0.717) is 23.9 Å². The molecule has 4 nitrogen and oxygen atoms in total. The average molecular weight is 250 g/mol. The highest BCUT2D eigenvalue weighted by Gasteiger charge is 2.12. The van der Waals surface area contributed by atoms with Gasteiger partial charge in [-0.2, -0.15) is 0 Å². The van der Waals surface area contributed by atoms with Gasteiger partial charge < -0.3 is 9.73 Å². The van der Waals surface area contributed by atoms with Crippen molar-refractivity contribution in [3.63, 3.8) is 0 Å². The first-order chi connectivity index (χ1) is 8.16. The van der Waals surface area contributed by atoms with Crippen molar-refractivity contribution in [3.05, 3.63) is 29.5 Å². The van der Waals surface area contributed by atoms with E-state index in [1.807, 2.05) is 6.07 Å². The highest BCUT2D eigenvalue weighted by Crippen LogP contribution is 2.23. The van der Waals surface area contributed by atoms with Gasteiger partial charge in [0.2, 0.25) is 0 Å². The van der Waals surface area contributed by atoms with Gasteiger partial charge in [0.1, 0.15) is 5.69 Å². The maximum absolute atomic E-state index is 11.7. The number of carbonyl (C=O) groups is 1. The number of nitrogens with zero attached hydrogens (tertiary/aromatic N) is 1. The normalized spacial score (nSPS) is 10.8. The molecule has 2 rings (SSSR count). The van der Waals surface area contributed by atoms with Crippen LogP contribution in [-0.2, 0) is 0 Å². The zero-order valence-corrected chi connectivity index (χ0v) is 10.6. The highest BCUT2D eigenvalue weighted by molar-refractivity contribution is 7.13. The first kappa shape index (κ1) is 11.9. The second-order valence-electron chi connectivity index (χ2n) is 4.12. The summed E-state index contributed by atoms with van der Waals surface area (Å²) in [6.45, 7) is 4.76. The number of aromatic nitrogens is 1. The van der Waals surface area contributed by atoms with Crippen LogP contribution >= 0.6 is 11.3 Å². The van der Waals surface area contributed by atoms with Gasteiger partial charge in [0.25, 0.3) is 5.91 Å². The monoisotopic (exact) mass is 250 g/mol.